The number of hydrogen-bond acceptors (Lipinski definition) is 4. The predicted octanol–water partition coefficient (Wildman–Crippen LogP) is 1.14. The fourth-order valence-corrected chi connectivity index (χ4v) is 3.12. The Morgan fingerprint density at radius 2 is 1.77 bits per heavy atom. The van der Waals surface area contributed by atoms with Crippen LogP contribution in [0.5, 0.6) is 11.5 Å². The van der Waals surface area contributed by atoms with Crippen molar-refractivity contribution in [2.75, 3.05) is 25.7 Å². The van der Waals surface area contributed by atoms with Crippen LogP contribution in [0.15, 0.2) is 48.5 Å². The molecule has 0 aliphatic carbocycles. The minimum Gasteiger partial charge on any atom is -0.497 e. The van der Waals surface area contributed by atoms with Crippen molar-refractivity contribution in [3.8, 4) is 11.5 Å². The number of anilines is 1. The minimum absolute atomic E-state index is 0.161. The molecule has 2 aromatic rings. The van der Waals surface area contributed by atoms with E-state index in [9.17, 15) is 9.59 Å². The highest BCUT2D eigenvalue weighted by atomic mass is 16.5. The van der Waals surface area contributed by atoms with Crippen LogP contribution in [0.1, 0.15) is 12.0 Å². The molecule has 0 saturated carbocycles. The monoisotopic (exact) mass is 355 g/mol. The van der Waals surface area contributed by atoms with Crippen LogP contribution in [0.25, 0.3) is 0 Å². The number of benzene rings is 2. The molecule has 1 aliphatic rings. The summed E-state index contributed by atoms with van der Waals surface area (Å²) in [7, 11) is 3.22. The van der Waals surface area contributed by atoms with E-state index in [4.69, 9.17) is 9.47 Å². The second-order valence-electron chi connectivity index (χ2n) is 6.20. The molecule has 26 heavy (non-hydrogen) atoms. The zero-order valence-electron chi connectivity index (χ0n) is 15.0. The number of nitrogens with zero attached hydrogens (tertiary/aromatic N) is 1. The van der Waals surface area contributed by atoms with Crippen molar-refractivity contribution in [3.05, 3.63) is 54.1 Å². The van der Waals surface area contributed by atoms with Crippen LogP contribution in [0.4, 0.5) is 5.69 Å². The summed E-state index contributed by atoms with van der Waals surface area (Å²) >= 11 is 0. The highest BCUT2D eigenvalue weighted by Gasteiger charge is 2.42. The highest BCUT2D eigenvalue weighted by Crippen LogP contribution is 2.24. The van der Waals surface area contributed by atoms with Crippen molar-refractivity contribution >= 4 is 17.5 Å². The Morgan fingerprint density at radius 1 is 1.04 bits per heavy atom. The van der Waals surface area contributed by atoms with E-state index in [2.05, 4.69) is 0 Å². The summed E-state index contributed by atoms with van der Waals surface area (Å²) in [5.41, 5.74) is 1.73. The average molecular weight is 355 g/mol. The van der Waals surface area contributed by atoms with Gasteiger partial charge in [-0.25, -0.2) is 4.90 Å². The molecule has 2 amide bonds. The zero-order chi connectivity index (χ0) is 18.5. The highest BCUT2D eigenvalue weighted by molar-refractivity contribution is 6.21. The van der Waals surface area contributed by atoms with Crippen LogP contribution in [0.2, 0.25) is 0 Å². The molecule has 1 heterocycles. The van der Waals surface area contributed by atoms with Crippen LogP contribution in [-0.2, 0) is 16.0 Å². The van der Waals surface area contributed by atoms with Crippen LogP contribution in [-0.4, -0.2) is 38.6 Å². The third-order valence-corrected chi connectivity index (χ3v) is 4.53. The lowest BCUT2D eigenvalue weighted by atomic mass is 10.1. The predicted molar refractivity (Wildman–Crippen MR) is 97.4 cm³/mol. The molecule has 0 unspecified atom stereocenters. The maximum atomic E-state index is 12.6. The molecule has 3 rings (SSSR count). The smallest absolute Gasteiger partial charge is 0.292 e. The molecule has 1 atom stereocenters. The van der Waals surface area contributed by atoms with Crippen LogP contribution < -0.4 is 19.7 Å². The quantitative estimate of drug-likeness (QED) is 0.756. The number of quaternary nitrogens is 1. The SMILES string of the molecule is COc1ccc(N2C(=O)C[C@@H]([NH2+]CCc3cccc(OC)c3)C2=O)cc1. The number of ether oxygens (including phenoxy) is 2. The van der Waals surface area contributed by atoms with Gasteiger partial charge in [0, 0.05) is 6.42 Å². The van der Waals surface area contributed by atoms with E-state index < -0.39 is 0 Å². The number of carbonyl (C=O) groups is 2. The van der Waals surface area contributed by atoms with Crippen molar-refractivity contribution in [1.82, 2.24) is 0 Å². The summed E-state index contributed by atoms with van der Waals surface area (Å²) in [4.78, 5) is 26.2. The van der Waals surface area contributed by atoms with E-state index in [1.165, 1.54) is 4.90 Å². The van der Waals surface area contributed by atoms with Crippen molar-refractivity contribution in [3.63, 3.8) is 0 Å². The maximum absolute atomic E-state index is 12.6. The summed E-state index contributed by atoms with van der Waals surface area (Å²) in [5.74, 6) is 1.18. The van der Waals surface area contributed by atoms with Gasteiger partial charge in [0.15, 0.2) is 6.04 Å². The Kier molecular flexibility index (Phi) is 5.53. The third-order valence-electron chi connectivity index (χ3n) is 4.53. The molecule has 0 spiro atoms. The van der Waals surface area contributed by atoms with Gasteiger partial charge < -0.3 is 14.8 Å². The summed E-state index contributed by atoms with van der Waals surface area (Å²) < 4.78 is 10.3. The second kappa shape index (κ2) is 8.01. The Hall–Kier alpha value is -2.86. The van der Waals surface area contributed by atoms with E-state index in [1.807, 2.05) is 29.6 Å². The first kappa shape index (κ1) is 17.9. The van der Waals surface area contributed by atoms with E-state index >= 15 is 0 Å². The summed E-state index contributed by atoms with van der Waals surface area (Å²) in [6.45, 7) is 0.729. The number of carbonyl (C=O) groups excluding carboxylic acids is 2. The van der Waals surface area contributed by atoms with Crippen LogP contribution >= 0.6 is 0 Å². The average Bonchev–Trinajstić information content (AvgIpc) is 2.95. The molecule has 2 aromatic carbocycles. The maximum Gasteiger partial charge on any atom is 0.292 e. The molecule has 136 valence electrons. The van der Waals surface area contributed by atoms with Gasteiger partial charge in [-0.15, -0.1) is 0 Å². The lowest BCUT2D eigenvalue weighted by Gasteiger charge is -2.14. The van der Waals surface area contributed by atoms with Gasteiger partial charge in [0.05, 0.1) is 32.9 Å². The van der Waals surface area contributed by atoms with Gasteiger partial charge in [-0.3, -0.25) is 9.59 Å². The molecule has 1 fully saturated rings. The van der Waals surface area contributed by atoms with Crippen LogP contribution in [0, 0.1) is 0 Å². The zero-order valence-corrected chi connectivity index (χ0v) is 15.0. The summed E-state index contributed by atoms with van der Waals surface area (Å²) in [5, 5.41) is 1.95. The summed E-state index contributed by atoms with van der Waals surface area (Å²) in [6, 6.07) is 14.4. The largest absolute Gasteiger partial charge is 0.497 e. The topological polar surface area (TPSA) is 72.4 Å². The first-order valence-electron chi connectivity index (χ1n) is 8.59. The minimum atomic E-state index is -0.366. The Morgan fingerprint density at radius 3 is 2.46 bits per heavy atom. The molecule has 6 heteroatoms. The normalized spacial score (nSPS) is 16.8. The molecular formula is C20H23N2O4+. The van der Waals surface area contributed by atoms with Crippen molar-refractivity contribution < 1.29 is 24.4 Å². The Labute approximate surface area is 152 Å². The fourth-order valence-electron chi connectivity index (χ4n) is 3.12. The van der Waals surface area contributed by atoms with Gasteiger partial charge in [-0.1, -0.05) is 12.1 Å². The molecule has 0 radical (unpaired) electrons. The first-order valence-corrected chi connectivity index (χ1v) is 8.59. The van der Waals surface area contributed by atoms with E-state index in [-0.39, 0.29) is 24.3 Å². The number of hydrogen-bond donors (Lipinski definition) is 1. The molecule has 6 nitrogen and oxygen atoms in total. The van der Waals surface area contributed by atoms with Gasteiger partial charge >= 0.3 is 0 Å². The van der Waals surface area contributed by atoms with E-state index in [0.717, 1.165) is 24.3 Å². The number of rotatable bonds is 7. The lowest BCUT2D eigenvalue weighted by molar-refractivity contribution is -0.674. The molecule has 0 bridgehead atoms. The number of imide groups is 1. The first-order chi connectivity index (χ1) is 12.6. The van der Waals surface area contributed by atoms with Crippen molar-refractivity contribution in [2.24, 2.45) is 0 Å². The Balaban J connectivity index is 1.59. The third kappa shape index (κ3) is 3.86. The number of methoxy groups -OCH3 is 2. The number of amides is 2. The molecule has 0 aromatic heterocycles. The lowest BCUT2D eigenvalue weighted by Crippen LogP contribution is -2.92. The molecule has 2 N–H and O–H groups in total. The van der Waals surface area contributed by atoms with Gasteiger partial charge in [0.1, 0.15) is 11.5 Å². The van der Waals surface area contributed by atoms with Gasteiger partial charge in [0.2, 0.25) is 5.91 Å². The molecule has 1 saturated heterocycles. The molecule has 1 aliphatic heterocycles. The Bertz CT molecular complexity index is 789. The summed E-state index contributed by atoms with van der Waals surface area (Å²) in [6.07, 6.45) is 1.03. The van der Waals surface area contributed by atoms with Gasteiger partial charge in [-0.2, -0.15) is 0 Å². The van der Waals surface area contributed by atoms with Crippen LogP contribution in [0.3, 0.4) is 0 Å². The van der Waals surface area contributed by atoms with Crippen molar-refractivity contribution in [2.45, 2.75) is 18.9 Å². The molecular weight excluding hydrogens is 332 g/mol. The van der Waals surface area contributed by atoms with Gasteiger partial charge in [0.25, 0.3) is 5.91 Å². The van der Waals surface area contributed by atoms with Gasteiger partial charge in [-0.05, 0) is 42.0 Å². The second-order valence-corrected chi connectivity index (χ2v) is 6.20. The van der Waals surface area contributed by atoms with E-state index in [1.54, 1.807) is 38.5 Å². The standard InChI is InChI=1S/C20H22N2O4/c1-25-16-8-6-15(7-9-16)22-19(23)13-18(20(22)24)21-11-10-14-4-3-5-17(12-14)26-2/h3-9,12,18,21H,10-11,13H2,1-2H3/p+1/t18-/m1/s1. The van der Waals surface area contributed by atoms with E-state index in [0.29, 0.717) is 11.4 Å². The fraction of sp³-hybridized carbons (Fsp3) is 0.300. The number of nitrogens with two attached hydrogens (primary N) is 1. The van der Waals surface area contributed by atoms with Crippen molar-refractivity contribution in [1.29, 1.82) is 0 Å².